The molecule has 2 rings (SSSR count). The highest BCUT2D eigenvalue weighted by Crippen LogP contribution is 2.30. The first-order valence-electron chi connectivity index (χ1n) is 3.97. The molecule has 0 saturated heterocycles. The second-order valence-corrected chi connectivity index (χ2v) is 3.68. The van der Waals surface area contributed by atoms with E-state index in [0.717, 1.165) is 0 Å². The number of halogens is 2. The summed E-state index contributed by atoms with van der Waals surface area (Å²) >= 11 is 10.5. The molecule has 0 unspecified atom stereocenters. The van der Waals surface area contributed by atoms with Crippen LogP contribution in [0.3, 0.4) is 0 Å². The number of thiocarbonyl (C=S) groups is 1. The van der Waals surface area contributed by atoms with Gasteiger partial charge in [0.25, 0.3) is 0 Å². The summed E-state index contributed by atoms with van der Waals surface area (Å²) in [5.41, 5.74) is 6.01. The van der Waals surface area contributed by atoms with Gasteiger partial charge < -0.3 is 16.0 Å². The van der Waals surface area contributed by atoms with Crippen LogP contribution in [0.4, 0.5) is 10.1 Å². The van der Waals surface area contributed by atoms with E-state index in [0.29, 0.717) is 5.52 Å². The highest BCUT2D eigenvalue weighted by atomic mass is 35.5. The minimum atomic E-state index is -0.577. The Kier molecular flexibility index (Phi) is 2.45. The molecule has 0 fully saturated rings. The lowest BCUT2D eigenvalue weighted by molar-refractivity contribution is 0.641. The van der Waals surface area contributed by atoms with Crippen molar-refractivity contribution in [3.8, 4) is 0 Å². The fourth-order valence-electron chi connectivity index (χ4n) is 1.25. The van der Waals surface area contributed by atoms with Gasteiger partial charge in [-0.3, -0.25) is 0 Å². The van der Waals surface area contributed by atoms with Gasteiger partial charge >= 0.3 is 0 Å². The van der Waals surface area contributed by atoms with Gasteiger partial charge in [0.2, 0.25) is 0 Å². The first kappa shape index (κ1) is 10.1. The summed E-state index contributed by atoms with van der Waals surface area (Å²) in [6.07, 6.45) is 1.38. The van der Waals surface area contributed by atoms with Crippen molar-refractivity contribution in [2.75, 3.05) is 5.32 Å². The number of aromatic nitrogens is 2. The van der Waals surface area contributed by atoms with Gasteiger partial charge in [-0.15, -0.1) is 0 Å². The summed E-state index contributed by atoms with van der Waals surface area (Å²) in [6, 6.07) is 1.55. The smallest absolute Gasteiger partial charge is 0.175 e. The van der Waals surface area contributed by atoms with Gasteiger partial charge in [0.1, 0.15) is 5.52 Å². The summed E-state index contributed by atoms with van der Waals surface area (Å²) in [4.78, 5) is 6.57. The number of aromatic amines is 1. The largest absolute Gasteiger partial charge is 0.376 e. The number of nitrogens with one attached hydrogen (secondary N) is 2. The highest BCUT2D eigenvalue weighted by molar-refractivity contribution is 7.80. The first-order chi connectivity index (χ1) is 7.09. The highest BCUT2D eigenvalue weighted by Gasteiger charge is 2.14. The summed E-state index contributed by atoms with van der Waals surface area (Å²) in [5, 5.41) is 2.61. The molecule has 78 valence electrons. The average Bonchev–Trinajstić information content (AvgIpc) is 2.59. The number of benzene rings is 1. The first-order valence-corrected chi connectivity index (χ1v) is 4.75. The molecule has 15 heavy (non-hydrogen) atoms. The minimum Gasteiger partial charge on any atom is -0.376 e. The molecular formula is C8H6ClFN4S. The Labute approximate surface area is 94.6 Å². The van der Waals surface area contributed by atoms with Crippen LogP contribution in [0.1, 0.15) is 0 Å². The molecule has 0 aliphatic carbocycles. The van der Waals surface area contributed by atoms with Gasteiger partial charge in [0.15, 0.2) is 10.9 Å². The summed E-state index contributed by atoms with van der Waals surface area (Å²) in [5.74, 6) is -0.577. The van der Waals surface area contributed by atoms with E-state index in [9.17, 15) is 4.39 Å². The van der Waals surface area contributed by atoms with Crippen molar-refractivity contribution in [3.63, 3.8) is 0 Å². The zero-order chi connectivity index (χ0) is 11.0. The average molecular weight is 245 g/mol. The van der Waals surface area contributed by atoms with Gasteiger partial charge in [-0.05, 0) is 18.3 Å². The van der Waals surface area contributed by atoms with Crippen LogP contribution in [0.2, 0.25) is 5.02 Å². The zero-order valence-corrected chi connectivity index (χ0v) is 8.92. The lowest BCUT2D eigenvalue weighted by Gasteiger charge is -2.07. The standard InChI is InChI=1S/C8H6ClFN4S/c9-3-1-4-7(13-2-12-4)5(10)6(3)14-8(11)15/h1-2H,(H,12,13)(H3,11,14,15). The van der Waals surface area contributed by atoms with Crippen LogP contribution in [-0.2, 0) is 0 Å². The van der Waals surface area contributed by atoms with E-state index >= 15 is 0 Å². The van der Waals surface area contributed by atoms with Gasteiger partial charge in [0.05, 0.1) is 22.6 Å². The molecule has 2 aromatic rings. The summed E-state index contributed by atoms with van der Waals surface area (Å²) in [6.45, 7) is 0. The molecule has 0 aliphatic rings. The Balaban J connectivity index is 2.66. The SMILES string of the molecule is NC(=S)Nc1c(Cl)cc2[nH]cnc2c1F. The zero-order valence-electron chi connectivity index (χ0n) is 7.34. The van der Waals surface area contributed by atoms with E-state index in [-0.39, 0.29) is 21.3 Å². The molecule has 0 radical (unpaired) electrons. The van der Waals surface area contributed by atoms with Crippen molar-refractivity contribution < 1.29 is 4.39 Å². The Morgan fingerprint density at radius 1 is 1.67 bits per heavy atom. The molecule has 0 atom stereocenters. The monoisotopic (exact) mass is 244 g/mol. The lowest BCUT2D eigenvalue weighted by Crippen LogP contribution is -2.20. The van der Waals surface area contributed by atoms with Crippen molar-refractivity contribution in [2.24, 2.45) is 5.73 Å². The maximum Gasteiger partial charge on any atom is 0.175 e. The van der Waals surface area contributed by atoms with Crippen LogP contribution in [0.25, 0.3) is 11.0 Å². The topological polar surface area (TPSA) is 66.7 Å². The Morgan fingerprint density at radius 3 is 3.07 bits per heavy atom. The van der Waals surface area contributed by atoms with Gasteiger partial charge in [0, 0.05) is 0 Å². The molecule has 0 spiro atoms. The molecule has 0 amide bonds. The van der Waals surface area contributed by atoms with E-state index < -0.39 is 5.82 Å². The molecule has 1 aromatic heterocycles. The van der Waals surface area contributed by atoms with Crippen molar-refractivity contribution in [2.45, 2.75) is 0 Å². The Bertz CT molecular complexity index is 539. The molecule has 0 saturated carbocycles. The predicted octanol–water partition coefficient (Wildman–Crippen LogP) is 2.01. The molecule has 7 heteroatoms. The number of nitrogens with two attached hydrogens (primary N) is 1. The lowest BCUT2D eigenvalue weighted by atomic mass is 10.2. The number of anilines is 1. The van der Waals surface area contributed by atoms with Gasteiger partial charge in [-0.2, -0.15) is 0 Å². The van der Waals surface area contributed by atoms with Crippen molar-refractivity contribution >= 4 is 45.7 Å². The number of hydrogen-bond acceptors (Lipinski definition) is 2. The van der Waals surface area contributed by atoms with E-state index in [1.807, 2.05) is 0 Å². The van der Waals surface area contributed by atoms with Crippen molar-refractivity contribution in [1.82, 2.24) is 9.97 Å². The van der Waals surface area contributed by atoms with E-state index in [2.05, 4.69) is 27.5 Å². The third-order valence-corrected chi connectivity index (χ3v) is 2.25. The quantitative estimate of drug-likeness (QED) is 0.672. The number of rotatable bonds is 1. The molecule has 4 N–H and O–H groups in total. The maximum absolute atomic E-state index is 13.8. The van der Waals surface area contributed by atoms with Crippen LogP contribution >= 0.6 is 23.8 Å². The maximum atomic E-state index is 13.8. The van der Waals surface area contributed by atoms with Crippen LogP contribution in [0, 0.1) is 5.82 Å². The Morgan fingerprint density at radius 2 is 2.40 bits per heavy atom. The van der Waals surface area contributed by atoms with Crippen molar-refractivity contribution in [1.29, 1.82) is 0 Å². The fourth-order valence-corrected chi connectivity index (χ4v) is 1.59. The molecule has 1 aromatic carbocycles. The second-order valence-electron chi connectivity index (χ2n) is 2.84. The fraction of sp³-hybridized carbons (Fsp3) is 0. The number of fused-ring (bicyclic) bond motifs is 1. The molecule has 0 aliphatic heterocycles. The number of nitrogens with zero attached hydrogens (tertiary/aromatic N) is 1. The Hall–Kier alpha value is -1.40. The van der Waals surface area contributed by atoms with Crippen LogP contribution in [0.5, 0.6) is 0 Å². The third-order valence-electron chi connectivity index (χ3n) is 1.85. The second kappa shape index (κ2) is 3.63. The molecule has 0 bridgehead atoms. The minimum absolute atomic E-state index is 0.0452. The van der Waals surface area contributed by atoms with E-state index in [1.165, 1.54) is 6.33 Å². The van der Waals surface area contributed by atoms with Crippen LogP contribution in [-0.4, -0.2) is 15.1 Å². The predicted molar refractivity (Wildman–Crippen MR) is 61.5 cm³/mol. The summed E-state index contributed by atoms with van der Waals surface area (Å²) in [7, 11) is 0. The van der Waals surface area contributed by atoms with Crippen LogP contribution in [0.15, 0.2) is 12.4 Å². The van der Waals surface area contributed by atoms with Crippen LogP contribution < -0.4 is 11.1 Å². The number of hydrogen-bond donors (Lipinski definition) is 3. The summed E-state index contributed by atoms with van der Waals surface area (Å²) < 4.78 is 13.8. The molecule has 1 heterocycles. The number of H-pyrrole nitrogens is 1. The van der Waals surface area contributed by atoms with E-state index in [4.69, 9.17) is 17.3 Å². The third kappa shape index (κ3) is 1.73. The normalized spacial score (nSPS) is 10.5. The van der Waals surface area contributed by atoms with E-state index in [1.54, 1.807) is 6.07 Å². The molecule has 4 nitrogen and oxygen atoms in total. The molecular weight excluding hydrogens is 239 g/mol. The van der Waals surface area contributed by atoms with Crippen molar-refractivity contribution in [3.05, 3.63) is 23.2 Å². The van der Waals surface area contributed by atoms with Gasteiger partial charge in [-0.1, -0.05) is 11.6 Å². The van der Waals surface area contributed by atoms with Gasteiger partial charge in [-0.25, -0.2) is 9.37 Å². The number of imidazole rings is 1.